The van der Waals surface area contributed by atoms with Crippen LogP contribution in [0.1, 0.15) is 51.4 Å². The van der Waals surface area contributed by atoms with Crippen LogP contribution in [0.5, 0.6) is 0 Å². The molecule has 1 N–H and O–H groups in total. The molecule has 29 heavy (non-hydrogen) atoms. The van der Waals surface area contributed by atoms with Crippen molar-refractivity contribution in [1.82, 2.24) is 0 Å². The Balaban J connectivity index is 1.64. The number of carbonyl (C=O) groups is 2. The first-order valence-electron chi connectivity index (χ1n) is 9.83. The molecule has 0 spiro atoms. The summed E-state index contributed by atoms with van der Waals surface area (Å²) in [5.74, 6) is 0.102. The molecule has 4 rings (SSSR count). The molecule has 0 saturated carbocycles. The van der Waals surface area contributed by atoms with Gasteiger partial charge in [-0.05, 0) is 49.3 Å². The first kappa shape index (κ1) is 19.9. The van der Waals surface area contributed by atoms with Crippen LogP contribution in [0.3, 0.4) is 0 Å². The normalized spacial score (nSPS) is 15.6. The minimum atomic E-state index is -0.414. The monoisotopic (exact) mass is 425 g/mol. The largest absolute Gasteiger partial charge is 0.462 e. The van der Waals surface area contributed by atoms with Crippen molar-refractivity contribution in [3.63, 3.8) is 0 Å². The van der Waals surface area contributed by atoms with E-state index in [4.69, 9.17) is 4.74 Å². The van der Waals surface area contributed by atoms with Crippen LogP contribution >= 0.6 is 22.7 Å². The molecule has 6 heteroatoms. The van der Waals surface area contributed by atoms with Crippen LogP contribution in [0.25, 0.3) is 10.4 Å². The molecule has 1 amide bonds. The van der Waals surface area contributed by atoms with E-state index in [2.05, 4.69) is 12.2 Å². The van der Waals surface area contributed by atoms with Crippen molar-refractivity contribution >= 4 is 39.6 Å². The van der Waals surface area contributed by atoms with E-state index < -0.39 is 5.97 Å². The smallest absolute Gasteiger partial charge is 0.341 e. The van der Waals surface area contributed by atoms with Crippen molar-refractivity contribution in [2.75, 3.05) is 11.9 Å². The molecule has 0 fully saturated rings. The summed E-state index contributed by atoms with van der Waals surface area (Å²) in [6, 6.07) is 11.6. The predicted molar refractivity (Wildman–Crippen MR) is 119 cm³/mol. The van der Waals surface area contributed by atoms with Gasteiger partial charge < -0.3 is 10.1 Å². The van der Waals surface area contributed by atoms with E-state index in [9.17, 15) is 9.59 Å². The lowest BCUT2D eigenvalue weighted by Crippen LogP contribution is -2.17. The summed E-state index contributed by atoms with van der Waals surface area (Å²) in [5, 5.41) is 5.48. The van der Waals surface area contributed by atoms with Gasteiger partial charge in [0, 0.05) is 15.1 Å². The Bertz CT molecular complexity index is 1040. The first-order chi connectivity index (χ1) is 14.1. The quantitative estimate of drug-likeness (QED) is 0.508. The second-order valence-electron chi connectivity index (χ2n) is 7.29. The molecule has 0 aliphatic heterocycles. The summed E-state index contributed by atoms with van der Waals surface area (Å²) in [4.78, 5) is 27.8. The topological polar surface area (TPSA) is 55.4 Å². The summed E-state index contributed by atoms with van der Waals surface area (Å²) in [7, 11) is 0. The lowest BCUT2D eigenvalue weighted by Gasteiger charge is -2.18. The second-order valence-corrected chi connectivity index (χ2v) is 9.31. The lowest BCUT2D eigenvalue weighted by molar-refractivity contribution is 0.0528. The Morgan fingerprint density at radius 3 is 2.76 bits per heavy atom. The molecule has 0 unspecified atom stereocenters. The fraction of sp³-hybridized carbons (Fsp3) is 0.304. The van der Waals surface area contributed by atoms with Gasteiger partial charge in [-0.1, -0.05) is 37.3 Å². The van der Waals surface area contributed by atoms with Crippen molar-refractivity contribution in [3.8, 4) is 10.4 Å². The van der Waals surface area contributed by atoms with Crippen molar-refractivity contribution in [2.24, 2.45) is 5.92 Å². The van der Waals surface area contributed by atoms with Gasteiger partial charge in [-0.2, -0.15) is 0 Å². The number of benzene rings is 1. The average molecular weight is 426 g/mol. The highest BCUT2D eigenvalue weighted by molar-refractivity contribution is 7.20. The van der Waals surface area contributed by atoms with Gasteiger partial charge in [0.2, 0.25) is 0 Å². The van der Waals surface area contributed by atoms with E-state index in [0.29, 0.717) is 23.1 Å². The molecular formula is C23H23NO3S2. The zero-order valence-electron chi connectivity index (χ0n) is 16.5. The average Bonchev–Trinajstić information content (AvgIpc) is 3.33. The number of amides is 1. The van der Waals surface area contributed by atoms with Crippen LogP contribution in [-0.2, 0) is 17.6 Å². The molecule has 0 saturated heterocycles. The number of esters is 1. The van der Waals surface area contributed by atoms with Crippen LogP contribution in [0.4, 0.5) is 5.00 Å². The lowest BCUT2D eigenvalue weighted by atomic mass is 9.88. The molecule has 1 aliphatic rings. The molecular weight excluding hydrogens is 402 g/mol. The maximum absolute atomic E-state index is 13.1. The number of hydrogen-bond donors (Lipinski definition) is 1. The summed E-state index contributed by atoms with van der Waals surface area (Å²) < 4.78 is 5.21. The van der Waals surface area contributed by atoms with Gasteiger partial charge in [0.05, 0.1) is 17.7 Å². The Kier molecular flexibility index (Phi) is 5.83. The standard InChI is InChI=1S/C23H23NO3S2/c1-3-27-23(26)17-12-19(15-7-5-4-6-8-15)29-22(17)24-21(25)18-13-28-20-11-14(2)9-10-16(18)20/h4-8,12-14H,3,9-11H2,1-2H3,(H,24,25)/t14-/m1/s1. The fourth-order valence-corrected chi connectivity index (χ4v) is 5.92. The number of ether oxygens (including phenoxy) is 1. The molecule has 4 nitrogen and oxygen atoms in total. The molecule has 1 aliphatic carbocycles. The highest BCUT2D eigenvalue weighted by atomic mass is 32.1. The zero-order valence-corrected chi connectivity index (χ0v) is 18.1. The number of carbonyl (C=O) groups excluding carboxylic acids is 2. The number of fused-ring (bicyclic) bond motifs is 1. The number of rotatable bonds is 5. The molecule has 0 bridgehead atoms. The number of thiophene rings is 2. The number of nitrogens with one attached hydrogen (secondary N) is 1. The molecule has 1 atom stereocenters. The van der Waals surface area contributed by atoms with Crippen LogP contribution < -0.4 is 5.32 Å². The van der Waals surface area contributed by atoms with Crippen LogP contribution in [0, 0.1) is 5.92 Å². The molecule has 3 aromatic rings. The van der Waals surface area contributed by atoms with E-state index in [-0.39, 0.29) is 5.91 Å². The molecule has 150 valence electrons. The third kappa shape index (κ3) is 4.14. The van der Waals surface area contributed by atoms with E-state index in [1.165, 1.54) is 21.8 Å². The minimum absolute atomic E-state index is 0.149. The SMILES string of the molecule is CCOC(=O)c1cc(-c2ccccc2)sc1NC(=O)c1csc2c1CC[C@@H](C)C2. The van der Waals surface area contributed by atoms with Crippen molar-refractivity contribution in [1.29, 1.82) is 0 Å². The van der Waals surface area contributed by atoms with E-state index in [0.717, 1.165) is 35.3 Å². The molecule has 1 aromatic carbocycles. The van der Waals surface area contributed by atoms with Gasteiger partial charge in [-0.25, -0.2) is 4.79 Å². The predicted octanol–water partition coefficient (Wildman–Crippen LogP) is 6.03. The molecule has 2 heterocycles. The third-order valence-corrected chi connectivity index (χ3v) is 7.31. The van der Waals surface area contributed by atoms with E-state index in [1.54, 1.807) is 24.3 Å². The van der Waals surface area contributed by atoms with Crippen LogP contribution in [0.15, 0.2) is 41.8 Å². The van der Waals surface area contributed by atoms with E-state index >= 15 is 0 Å². The van der Waals surface area contributed by atoms with Gasteiger partial charge in [0.25, 0.3) is 5.91 Å². The maximum Gasteiger partial charge on any atom is 0.341 e. The molecule has 2 aromatic heterocycles. The zero-order chi connectivity index (χ0) is 20.4. The summed E-state index contributed by atoms with van der Waals surface area (Å²) in [5.41, 5.74) is 3.32. The van der Waals surface area contributed by atoms with Gasteiger partial charge >= 0.3 is 5.97 Å². The summed E-state index contributed by atoms with van der Waals surface area (Å²) >= 11 is 3.07. The van der Waals surface area contributed by atoms with Crippen molar-refractivity contribution in [3.05, 3.63) is 63.3 Å². The Hall–Kier alpha value is -2.44. The van der Waals surface area contributed by atoms with Gasteiger partial charge in [0.15, 0.2) is 0 Å². The highest BCUT2D eigenvalue weighted by Gasteiger charge is 2.25. The number of anilines is 1. The molecule has 0 radical (unpaired) electrons. The first-order valence-corrected chi connectivity index (χ1v) is 11.5. The Morgan fingerprint density at radius 2 is 2.00 bits per heavy atom. The van der Waals surface area contributed by atoms with Crippen LogP contribution in [0.2, 0.25) is 0 Å². The number of hydrogen-bond acceptors (Lipinski definition) is 5. The van der Waals surface area contributed by atoms with Crippen molar-refractivity contribution in [2.45, 2.75) is 33.1 Å². The second kappa shape index (κ2) is 8.51. The highest BCUT2D eigenvalue weighted by Crippen LogP contribution is 2.37. The summed E-state index contributed by atoms with van der Waals surface area (Å²) in [6.07, 6.45) is 3.08. The van der Waals surface area contributed by atoms with E-state index in [1.807, 2.05) is 35.7 Å². The minimum Gasteiger partial charge on any atom is -0.462 e. The third-order valence-electron chi connectivity index (χ3n) is 5.16. The van der Waals surface area contributed by atoms with Crippen molar-refractivity contribution < 1.29 is 14.3 Å². The summed E-state index contributed by atoms with van der Waals surface area (Å²) in [6.45, 7) is 4.32. The van der Waals surface area contributed by atoms with Gasteiger partial charge in [0.1, 0.15) is 5.00 Å². The maximum atomic E-state index is 13.1. The van der Waals surface area contributed by atoms with Crippen LogP contribution in [-0.4, -0.2) is 18.5 Å². The van der Waals surface area contributed by atoms with Gasteiger partial charge in [-0.15, -0.1) is 22.7 Å². The Morgan fingerprint density at radius 1 is 1.21 bits per heavy atom. The van der Waals surface area contributed by atoms with Gasteiger partial charge in [-0.3, -0.25) is 4.79 Å². The fourth-order valence-electron chi connectivity index (χ4n) is 3.63. The Labute approximate surface area is 178 Å².